The Morgan fingerprint density at radius 1 is 0.917 bits per heavy atom. The largest absolute Gasteiger partial charge is 0.486 e. The summed E-state index contributed by atoms with van der Waals surface area (Å²) < 4.78 is 41.5. The van der Waals surface area contributed by atoms with Gasteiger partial charge in [-0.3, -0.25) is 4.79 Å². The fourth-order valence-corrected chi connectivity index (χ4v) is 2.14. The average molecular weight is 334 g/mol. The third kappa shape index (κ3) is 3.34. The van der Waals surface area contributed by atoms with Crippen molar-refractivity contribution < 1.29 is 32.6 Å². The number of hydrogen-bond acceptors (Lipinski definition) is 5. The Kier molecular flexibility index (Phi) is 4.41. The number of hydrogen-bond donors (Lipinski definition) is 0. The third-order valence-electron chi connectivity index (χ3n) is 3.35. The minimum absolute atomic E-state index is 0.0797. The van der Waals surface area contributed by atoms with E-state index in [1.165, 1.54) is 12.1 Å². The maximum absolute atomic E-state index is 13.1. The van der Waals surface area contributed by atoms with Gasteiger partial charge in [0.1, 0.15) is 13.2 Å². The summed E-state index contributed by atoms with van der Waals surface area (Å²) in [6, 6.07) is 7.23. The van der Waals surface area contributed by atoms with E-state index >= 15 is 0 Å². The van der Waals surface area contributed by atoms with Crippen molar-refractivity contribution in [1.29, 1.82) is 0 Å². The van der Waals surface area contributed by atoms with Gasteiger partial charge in [0, 0.05) is 5.56 Å². The quantitative estimate of drug-likeness (QED) is 0.635. The van der Waals surface area contributed by atoms with Gasteiger partial charge in [0.15, 0.2) is 35.5 Å². The summed E-state index contributed by atoms with van der Waals surface area (Å²) in [6.07, 6.45) is 0. The maximum atomic E-state index is 13.1. The minimum atomic E-state index is -1.14. The number of fused-ring (bicyclic) bond motifs is 1. The van der Waals surface area contributed by atoms with Crippen LogP contribution in [0.5, 0.6) is 11.5 Å². The van der Waals surface area contributed by atoms with Gasteiger partial charge in [-0.15, -0.1) is 0 Å². The van der Waals surface area contributed by atoms with Crippen molar-refractivity contribution in [2.75, 3.05) is 19.8 Å². The molecule has 0 unspecified atom stereocenters. The Balaban J connectivity index is 1.64. The molecule has 0 fully saturated rings. The molecule has 2 aromatic rings. The summed E-state index contributed by atoms with van der Waals surface area (Å²) in [6.45, 7) is 0.220. The third-order valence-corrected chi connectivity index (χ3v) is 3.35. The monoisotopic (exact) mass is 334 g/mol. The molecule has 7 heteroatoms. The molecule has 0 spiro atoms. The molecule has 3 rings (SSSR count). The molecule has 0 saturated carbocycles. The van der Waals surface area contributed by atoms with Crippen LogP contribution in [0.1, 0.15) is 20.7 Å². The highest BCUT2D eigenvalue weighted by Gasteiger charge is 2.17. The van der Waals surface area contributed by atoms with Crippen molar-refractivity contribution in [1.82, 2.24) is 0 Å². The number of carbonyl (C=O) groups excluding carboxylic acids is 2. The molecule has 0 saturated heterocycles. The lowest BCUT2D eigenvalue weighted by Crippen LogP contribution is -2.17. The molecule has 24 heavy (non-hydrogen) atoms. The normalized spacial score (nSPS) is 12.6. The van der Waals surface area contributed by atoms with Crippen molar-refractivity contribution in [3.8, 4) is 11.5 Å². The lowest BCUT2D eigenvalue weighted by molar-refractivity contribution is 0.0474. The molecule has 1 aliphatic rings. The number of benzene rings is 2. The zero-order valence-corrected chi connectivity index (χ0v) is 12.4. The van der Waals surface area contributed by atoms with Crippen LogP contribution >= 0.6 is 0 Å². The Bertz CT molecular complexity index is 804. The Hall–Kier alpha value is -2.96. The van der Waals surface area contributed by atoms with E-state index in [1.807, 2.05) is 0 Å². The van der Waals surface area contributed by atoms with Gasteiger partial charge in [0.2, 0.25) is 0 Å². The molecule has 0 aromatic heterocycles. The number of Topliss-reactive ketones (excluding diaryl/α,β-unsaturated/α-hetero) is 1. The van der Waals surface area contributed by atoms with Gasteiger partial charge in [0.05, 0.1) is 5.56 Å². The zero-order chi connectivity index (χ0) is 17.1. The van der Waals surface area contributed by atoms with Gasteiger partial charge in [-0.05, 0) is 36.4 Å². The fraction of sp³-hybridized carbons (Fsp3) is 0.176. The highest BCUT2D eigenvalue weighted by molar-refractivity contribution is 5.99. The van der Waals surface area contributed by atoms with E-state index in [9.17, 15) is 18.4 Å². The lowest BCUT2D eigenvalue weighted by Gasteiger charge is -2.18. The van der Waals surface area contributed by atoms with E-state index in [0.29, 0.717) is 24.7 Å². The van der Waals surface area contributed by atoms with Gasteiger partial charge in [-0.25, -0.2) is 13.6 Å². The van der Waals surface area contributed by atoms with Gasteiger partial charge in [0.25, 0.3) is 0 Å². The van der Waals surface area contributed by atoms with Crippen molar-refractivity contribution in [3.63, 3.8) is 0 Å². The fourth-order valence-electron chi connectivity index (χ4n) is 2.14. The molecule has 2 aromatic carbocycles. The highest BCUT2D eigenvalue weighted by atomic mass is 19.2. The zero-order valence-electron chi connectivity index (χ0n) is 12.4. The smallest absolute Gasteiger partial charge is 0.338 e. The molecular weight excluding hydrogens is 322 g/mol. The molecule has 1 heterocycles. The topological polar surface area (TPSA) is 61.8 Å². The minimum Gasteiger partial charge on any atom is -0.486 e. The second-order valence-electron chi connectivity index (χ2n) is 4.99. The van der Waals surface area contributed by atoms with Gasteiger partial charge in [-0.2, -0.15) is 0 Å². The molecule has 5 nitrogen and oxygen atoms in total. The average Bonchev–Trinajstić information content (AvgIpc) is 2.61. The summed E-state index contributed by atoms with van der Waals surface area (Å²) in [7, 11) is 0. The van der Waals surface area contributed by atoms with E-state index in [0.717, 1.165) is 18.2 Å². The summed E-state index contributed by atoms with van der Waals surface area (Å²) in [5, 5.41) is 0. The van der Waals surface area contributed by atoms with E-state index in [4.69, 9.17) is 14.2 Å². The molecule has 0 bridgehead atoms. The van der Waals surface area contributed by atoms with Gasteiger partial charge >= 0.3 is 5.97 Å². The molecule has 0 amide bonds. The van der Waals surface area contributed by atoms with Crippen LogP contribution in [0.4, 0.5) is 8.78 Å². The highest BCUT2D eigenvalue weighted by Crippen LogP contribution is 2.30. The Morgan fingerprint density at radius 2 is 1.62 bits per heavy atom. The number of ketones is 1. The SMILES string of the molecule is O=C(COC(=O)c1ccc2c(c1)OCCO2)c1ccc(F)c(F)c1. The first-order chi connectivity index (χ1) is 11.5. The van der Waals surface area contributed by atoms with Crippen LogP contribution in [0.3, 0.4) is 0 Å². The first kappa shape index (κ1) is 15.9. The predicted molar refractivity (Wildman–Crippen MR) is 78.4 cm³/mol. The second-order valence-corrected chi connectivity index (χ2v) is 4.99. The number of halogens is 2. The van der Waals surface area contributed by atoms with Crippen molar-refractivity contribution in [3.05, 3.63) is 59.2 Å². The van der Waals surface area contributed by atoms with Crippen molar-refractivity contribution >= 4 is 11.8 Å². The lowest BCUT2D eigenvalue weighted by atomic mass is 10.1. The molecule has 0 atom stereocenters. The van der Waals surface area contributed by atoms with Crippen LogP contribution in [-0.4, -0.2) is 31.6 Å². The standard InChI is InChI=1S/C17H12F2O5/c18-12-3-1-10(7-13(12)19)14(20)9-24-17(21)11-2-4-15-16(8-11)23-6-5-22-15/h1-4,7-8H,5-6,9H2. The molecule has 1 aliphatic heterocycles. The molecule has 0 N–H and O–H groups in total. The predicted octanol–water partition coefficient (Wildman–Crippen LogP) is 2.78. The summed E-state index contributed by atoms with van der Waals surface area (Å²) >= 11 is 0. The number of esters is 1. The summed E-state index contributed by atoms with van der Waals surface area (Å²) in [4.78, 5) is 23.8. The van der Waals surface area contributed by atoms with E-state index in [2.05, 4.69) is 0 Å². The van der Waals surface area contributed by atoms with Gasteiger partial charge < -0.3 is 14.2 Å². The first-order valence-corrected chi connectivity index (χ1v) is 7.09. The summed E-state index contributed by atoms with van der Waals surface area (Å²) in [5.74, 6) is -2.63. The van der Waals surface area contributed by atoms with Crippen LogP contribution in [0.25, 0.3) is 0 Å². The number of rotatable bonds is 4. The van der Waals surface area contributed by atoms with Crippen LogP contribution in [0, 0.1) is 11.6 Å². The van der Waals surface area contributed by atoms with Crippen LogP contribution < -0.4 is 9.47 Å². The van der Waals surface area contributed by atoms with Crippen LogP contribution in [0.2, 0.25) is 0 Å². The van der Waals surface area contributed by atoms with Crippen molar-refractivity contribution in [2.45, 2.75) is 0 Å². The molecule has 0 radical (unpaired) electrons. The van der Waals surface area contributed by atoms with E-state index in [-0.39, 0.29) is 11.1 Å². The number of ether oxygens (including phenoxy) is 3. The summed E-state index contributed by atoms with van der Waals surface area (Å²) in [5.41, 5.74) is 0.112. The Labute approximate surface area is 135 Å². The number of carbonyl (C=O) groups is 2. The molecule has 0 aliphatic carbocycles. The van der Waals surface area contributed by atoms with E-state index < -0.39 is 30.0 Å². The van der Waals surface area contributed by atoms with Gasteiger partial charge in [-0.1, -0.05) is 0 Å². The van der Waals surface area contributed by atoms with Crippen molar-refractivity contribution in [2.24, 2.45) is 0 Å². The van der Waals surface area contributed by atoms with Crippen LogP contribution in [-0.2, 0) is 4.74 Å². The molecular formula is C17H12F2O5. The van der Waals surface area contributed by atoms with E-state index in [1.54, 1.807) is 6.07 Å². The maximum Gasteiger partial charge on any atom is 0.338 e. The van der Waals surface area contributed by atoms with Crippen LogP contribution in [0.15, 0.2) is 36.4 Å². The second kappa shape index (κ2) is 6.66. The molecule has 124 valence electrons. The Morgan fingerprint density at radius 3 is 2.38 bits per heavy atom. The first-order valence-electron chi connectivity index (χ1n) is 7.09.